The highest BCUT2D eigenvalue weighted by Crippen LogP contribution is 2.44. The number of carbonyl (C=O) groups excluding carboxylic acids is 1. The zero-order valence-corrected chi connectivity index (χ0v) is 49.9. The minimum atomic E-state index is -0.0685. The Morgan fingerprint density at radius 2 is 1.66 bits per heavy atom. The maximum Gasteiger partial charge on any atom is 0.142 e. The smallest absolute Gasteiger partial charge is 0.142 e. The van der Waals surface area contributed by atoms with E-state index in [4.69, 9.17) is 15.6 Å². The van der Waals surface area contributed by atoms with E-state index in [9.17, 15) is 0 Å². The summed E-state index contributed by atoms with van der Waals surface area (Å²) in [5, 5.41) is 12.0. The van der Waals surface area contributed by atoms with E-state index >= 15 is 0 Å². The summed E-state index contributed by atoms with van der Waals surface area (Å²) in [5.41, 5.74) is 21.7. The molecule has 76 heavy (non-hydrogen) atoms. The van der Waals surface area contributed by atoms with Crippen molar-refractivity contribution in [2.45, 2.75) is 156 Å². The first-order valence-corrected chi connectivity index (χ1v) is 29.1. The van der Waals surface area contributed by atoms with Crippen molar-refractivity contribution in [2.24, 2.45) is 23.0 Å². The highest BCUT2D eigenvalue weighted by Gasteiger charge is 2.32. The van der Waals surface area contributed by atoms with Gasteiger partial charge in [-0.1, -0.05) is 104 Å². The largest absolute Gasteiger partial charge is 0.372 e. The lowest BCUT2D eigenvalue weighted by molar-refractivity contribution is -0.104. The second-order valence-corrected chi connectivity index (χ2v) is 23.2. The third kappa shape index (κ3) is 18.5. The van der Waals surface area contributed by atoms with Crippen LogP contribution in [0.25, 0.3) is 33.3 Å². The minimum Gasteiger partial charge on any atom is -0.372 e. The lowest BCUT2D eigenvalue weighted by Gasteiger charge is -2.37. The Morgan fingerprint density at radius 3 is 2.22 bits per heavy atom. The molecule has 0 radical (unpaired) electrons. The molecule has 7 rings (SSSR count). The molecular weight excluding hydrogens is 957 g/mol. The Hall–Kier alpha value is -4.69. The first kappa shape index (κ1) is 63.8. The van der Waals surface area contributed by atoms with Crippen LogP contribution in [0.4, 0.5) is 0 Å². The fraction of sp³-hybridized carbons (Fsp3) is 0.562. The van der Waals surface area contributed by atoms with E-state index in [0.29, 0.717) is 18.2 Å². The number of piperidine rings is 2. The van der Waals surface area contributed by atoms with Gasteiger partial charge in [0.05, 0.1) is 29.7 Å². The molecule has 5 heterocycles. The van der Waals surface area contributed by atoms with Gasteiger partial charge in [0, 0.05) is 61.4 Å². The SMILES string of the molecule is C=CC=O.C=CCCc1cccc(-c2ccc3c(c2)c(CC(C)(C)CCC=C)c(-c2cnn(C4CCN(C)CC4)c2C(N)CC)n3CC)c1.C=CN(C)C(C(=C)NC(S)N1CCCCN1)C(C)C.C[C@H]1CCCN(C)C1. The third-order valence-electron chi connectivity index (χ3n) is 15.4. The van der Waals surface area contributed by atoms with Gasteiger partial charge in [-0.25, -0.2) is 5.01 Å². The molecular formula is C64H102N10OS. The Labute approximate surface area is 467 Å². The second kappa shape index (κ2) is 32.3. The Balaban J connectivity index is 0.000000328. The number of thiol groups is 1. The van der Waals surface area contributed by atoms with Crippen LogP contribution in [0.2, 0.25) is 0 Å². The van der Waals surface area contributed by atoms with E-state index in [2.05, 4.69) is 203 Å². The zero-order chi connectivity index (χ0) is 56.0. The van der Waals surface area contributed by atoms with Gasteiger partial charge in [-0.15, -0.1) is 25.8 Å². The van der Waals surface area contributed by atoms with Crippen molar-refractivity contribution in [2.75, 3.05) is 60.4 Å². The summed E-state index contributed by atoms with van der Waals surface area (Å²) < 4.78 is 4.83. The molecule has 2 aromatic heterocycles. The molecule has 2 aromatic carbocycles. The predicted molar refractivity (Wildman–Crippen MR) is 330 cm³/mol. The number of rotatable bonds is 22. The summed E-state index contributed by atoms with van der Waals surface area (Å²) >= 11 is 4.62. The van der Waals surface area contributed by atoms with Crippen molar-refractivity contribution >= 4 is 29.8 Å². The van der Waals surface area contributed by atoms with E-state index in [1.807, 2.05) is 19.3 Å². The summed E-state index contributed by atoms with van der Waals surface area (Å²) in [4.78, 5) is 16.0. The molecule has 0 saturated carbocycles. The molecule has 3 aliphatic rings. The number of hydrazine groups is 1. The molecule has 4 aromatic rings. The number of benzene rings is 2. The first-order valence-electron chi connectivity index (χ1n) is 28.6. The number of aryl methyl sites for hydroxylation is 2. The Kier molecular flexibility index (Phi) is 27.1. The van der Waals surface area contributed by atoms with Gasteiger partial charge in [0.2, 0.25) is 0 Å². The van der Waals surface area contributed by atoms with E-state index in [-0.39, 0.29) is 23.0 Å². The minimum absolute atomic E-state index is 0.0488. The van der Waals surface area contributed by atoms with Gasteiger partial charge >= 0.3 is 0 Å². The Bertz CT molecular complexity index is 2410. The fourth-order valence-electron chi connectivity index (χ4n) is 11.2. The number of likely N-dealkylation sites (tertiary alicyclic amines) is 2. The Morgan fingerprint density at radius 1 is 0.961 bits per heavy atom. The highest BCUT2D eigenvalue weighted by molar-refractivity contribution is 7.80. The van der Waals surface area contributed by atoms with E-state index in [1.54, 1.807) is 0 Å². The maximum absolute atomic E-state index is 9.06. The van der Waals surface area contributed by atoms with Crippen LogP contribution in [-0.4, -0.2) is 112 Å². The molecule has 0 aliphatic carbocycles. The van der Waals surface area contributed by atoms with Crippen LogP contribution in [0.15, 0.2) is 112 Å². The van der Waals surface area contributed by atoms with Crippen molar-refractivity contribution in [3.05, 3.63) is 129 Å². The lowest BCUT2D eigenvalue weighted by Crippen LogP contribution is -2.54. The van der Waals surface area contributed by atoms with Gasteiger partial charge in [-0.3, -0.25) is 14.9 Å². The number of aldehydes is 1. The molecule has 12 heteroatoms. The van der Waals surface area contributed by atoms with Gasteiger partial charge in [-0.2, -0.15) is 5.10 Å². The molecule has 3 unspecified atom stereocenters. The van der Waals surface area contributed by atoms with E-state index in [1.165, 1.54) is 95.0 Å². The molecule has 11 nitrogen and oxygen atoms in total. The summed E-state index contributed by atoms with van der Waals surface area (Å²) in [6, 6.07) is 16.6. The molecule has 4 N–H and O–H groups in total. The van der Waals surface area contributed by atoms with Crippen molar-refractivity contribution < 1.29 is 4.79 Å². The number of fused-ring (bicyclic) bond motifs is 1. The number of nitrogens with two attached hydrogens (primary N) is 1. The highest BCUT2D eigenvalue weighted by atomic mass is 32.1. The van der Waals surface area contributed by atoms with Crippen molar-refractivity contribution in [3.63, 3.8) is 0 Å². The van der Waals surface area contributed by atoms with Gasteiger partial charge in [0.1, 0.15) is 11.8 Å². The van der Waals surface area contributed by atoms with Crippen LogP contribution in [0, 0.1) is 17.3 Å². The molecule has 420 valence electrons. The van der Waals surface area contributed by atoms with Crippen molar-refractivity contribution in [1.82, 2.24) is 44.8 Å². The number of likely N-dealkylation sites (N-methyl/N-ethyl adjacent to an activating group) is 1. The number of carbonyl (C=O) groups is 1. The summed E-state index contributed by atoms with van der Waals surface area (Å²) in [6.07, 6.45) is 23.3. The lowest BCUT2D eigenvalue weighted by atomic mass is 9.80. The normalized spacial score (nSPS) is 17.9. The quantitative estimate of drug-likeness (QED) is 0.0201. The van der Waals surface area contributed by atoms with Crippen LogP contribution in [-0.2, 0) is 24.2 Å². The second-order valence-electron chi connectivity index (χ2n) is 22.7. The predicted octanol–water partition coefficient (Wildman–Crippen LogP) is 13.2. The van der Waals surface area contributed by atoms with Gasteiger partial charge in [-0.05, 0) is 182 Å². The average molecular weight is 1060 g/mol. The van der Waals surface area contributed by atoms with Crippen LogP contribution in [0.3, 0.4) is 0 Å². The molecule has 3 aliphatic heterocycles. The van der Waals surface area contributed by atoms with Gasteiger partial charge in [0.15, 0.2) is 0 Å². The number of hydrogen-bond donors (Lipinski definition) is 4. The third-order valence-corrected chi connectivity index (χ3v) is 15.8. The molecule has 3 fully saturated rings. The first-order chi connectivity index (χ1) is 36.4. The molecule has 0 amide bonds. The van der Waals surface area contributed by atoms with Crippen molar-refractivity contribution in [3.8, 4) is 22.4 Å². The van der Waals surface area contributed by atoms with Gasteiger partial charge in [0.25, 0.3) is 0 Å². The molecule has 0 bridgehead atoms. The van der Waals surface area contributed by atoms with Crippen LogP contribution >= 0.6 is 12.6 Å². The number of nitrogens with one attached hydrogen (secondary N) is 2. The van der Waals surface area contributed by atoms with E-state index < -0.39 is 0 Å². The topological polar surface area (TPSA) is 103 Å². The standard InChI is InChI=1S/C40H55N5.C14H28N4S.C7H15N.C3H4O/c1-8-12-15-29-16-14-17-30(25-29)31-18-19-37-33(26-31)34(27-40(5,6)22-13-9-2)38(44(37)11-4)35-28-42-45(39(35)36(41)10-3)32-20-23-43(7)24-21-32;1-6-17(5)13(11(2)3)12(4)16-14(19)18-10-8-7-9-15-18;1-7-4-3-5-8(2)6-7;1-2-3-4/h8-9,14,16-19,25-26,28,32,36H,1-2,10-13,15,20-24,27,41H2,3-7H3;6,11,13-16,19H,1,4,7-10H2,2-3,5H3;7H,3-6H2,1-2H3;2-3H,1H2/t;;7-;/m..0./s1. The summed E-state index contributed by atoms with van der Waals surface area (Å²) in [7, 11) is 6.45. The number of aromatic nitrogens is 3. The van der Waals surface area contributed by atoms with Crippen LogP contribution in [0.1, 0.15) is 142 Å². The summed E-state index contributed by atoms with van der Waals surface area (Å²) in [6.45, 7) is 42.8. The fourth-order valence-corrected chi connectivity index (χ4v) is 11.6. The summed E-state index contributed by atoms with van der Waals surface area (Å²) in [5.74, 6) is 1.39. The van der Waals surface area contributed by atoms with Crippen LogP contribution in [0.5, 0.6) is 0 Å². The zero-order valence-electron chi connectivity index (χ0n) is 49.0. The van der Waals surface area contributed by atoms with Crippen LogP contribution < -0.4 is 16.5 Å². The molecule has 3 saturated heterocycles. The van der Waals surface area contributed by atoms with Crippen molar-refractivity contribution in [1.29, 1.82) is 0 Å². The molecule has 4 atom stereocenters. The maximum atomic E-state index is 9.06. The monoisotopic (exact) mass is 1060 g/mol. The van der Waals surface area contributed by atoms with E-state index in [0.717, 1.165) is 95.7 Å². The molecule has 0 spiro atoms. The number of nitrogens with zero attached hydrogens (tertiary/aromatic N) is 7. The number of hydrogen-bond acceptors (Lipinski definition) is 10. The average Bonchev–Trinajstić information content (AvgIpc) is 3.98. The van der Waals surface area contributed by atoms with Gasteiger partial charge < -0.3 is 30.3 Å². The number of allylic oxidation sites excluding steroid dienone is 3.